The van der Waals surface area contributed by atoms with E-state index < -0.39 is 0 Å². The summed E-state index contributed by atoms with van der Waals surface area (Å²) in [5.41, 5.74) is 4.28. The molecule has 2 rings (SSSR count). The molecule has 1 unspecified atom stereocenters. The second kappa shape index (κ2) is 8.47. The monoisotopic (exact) mass is 338 g/mol. The van der Waals surface area contributed by atoms with E-state index in [2.05, 4.69) is 16.7 Å². The van der Waals surface area contributed by atoms with E-state index in [4.69, 9.17) is 0 Å². The number of anilines is 1. The summed E-state index contributed by atoms with van der Waals surface area (Å²) < 4.78 is 0. The molecule has 0 aromatic heterocycles. The largest absolute Gasteiger partial charge is 0.350 e. The Balaban J connectivity index is 2.11. The molecule has 0 aliphatic carbocycles. The van der Waals surface area contributed by atoms with Crippen LogP contribution in [0.2, 0.25) is 0 Å². The summed E-state index contributed by atoms with van der Waals surface area (Å²) >= 11 is 0. The van der Waals surface area contributed by atoms with Crippen LogP contribution in [0.25, 0.3) is 0 Å². The number of amides is 2. The predicted octanol–water partition coefficient (Wildman–Crippen LogP) is 4.01. The third-order valence-corrected chi connectivity index (χ3v) is 4.28. The van der Waals surface area contributed by atoms with Crippen LogP contribution in [0.4, 0.5) is 5.69 Å². The minimum atomic E-state index is -0.170. The molecule has 4 nitrogen and oxygen atoms in total. The molecule has 132 valence electrons. The van der Waals surface area contributed by atoms with E-state index in [1.165, 1.54) is 5.56 Å². The fraction of sp³-hybridized carbons (Fsp3) is 0.333. The van der Waals surface area contributed by atoms with E-state index in [1.807, 2.05) is 45.9 Å². The number of benzene rings is 2. The quantitative estimate of drug-likeness (QED) is 0.836. The van der Waals surface area contributed by atoms with Gasteiger partial charge in [-0.05, 0) is 50.5 Å². The molecule has 0 spiro atoms. The lowest BCUT2D eigenvalue weighted by atomic mass is 10.0. The van der Waals surface area contributed by atoms with Crippen LogP contribution in [-0.4, -0.2) is 17.9 Å². The number of carbonyl (C=O) groups excluding carboxylic acids is 2. The average Bonchev–Trinajstić information content (AvgIpc) is 2.57. The molecule has 0 aliphatic heterocycles. The molecular weight excluding hydrogens is 312 g/mol. The van der Waals surface area contributed by atoms with E-state index in [1.54, 1.807) is 18.2 Å². The number of nitrogens with one attached hydrogen (secondary N) is 2. The summed E-state index contributed by atoms with van der Waals surface area (Å²) in [5, 5.41) is 5.81. The van der Waals surface area contributed by atoms with Crippen LogP contribution in [0.1, 0.15) is 47.3 Å². The Morgan fingerprint density at radius 2 is 1.80 bits per heavy atom. The Kier molecular flexibility index (Phi) is 6.34. The molecular formula is C21H26N2O2. The summed E-state index contributed by atoms with van der Waals surface area (Å²) in [4.78, 5) is 24.8. The number of aryl methyl sites for hydroxylation is 2. The lowest BCUT2D eigenvalue weighted by molar-refractivity contribution is -0.115. The molecule has 2 N–H and O–H groups in total. The van der Waals surface area contributed by atoms with Crippen molar-refractivity contribution >= 4 is 17.5 Å². The van der Waals surface area contributed by atoms with E-state index in [0.29, 0.717) is 11.3 Å². The van der Waals surface area contributed by atoms with Crippen LogP contribution in [-0.2, 0) is 11.2 Å². The van der Waals surface area contributed by atoms with Crippen LogP contribution in [0.5, 0.6) is 0 Å². The first-order valence-corrected chi connectivity index (χ1v) is 8.66. The van der Waals surface area contributed by atoms with Crippen LogP contribution >= 0.6 is 0 Å². The predicted molar refractivity (Wildman–Crippen MR) is 102 cm³/mol. The van der Waals surface area contributed by atoms with Gasteiger partial charge in [-0.25, -0.2) is 0 Å². The zero-order valence-electron chi connectivity index (χ0n) is 15.3. The van der Waals surface area contributed by atoms with Crippen molar-refractivity contribution < 1.29 is 9.59 Å². The third-order valence-electron chi connectivity index (χ3n) is 4.28. The maximum Gasteiger partial charge on any atom is 0.253 e. The van der Waals surface area contributed by atoms with Crippen molar-refractivity contribution in [3.8, 4) is 0 Å². The first-order chi connectivity index (χ1) is 11.9. The smallest absolute Gasteiger partial charge is 0.253 e. The highest BCUT2D eigenvalue weighted by molar-refractivity contribution is 6.04. The Morgan fingerprint density at radius 1 is 1.08 bits per heavy atom. The van der Waals surface area contributed by atoms with Crippen molar-refractivity contribution in [2.75, 3.05) is 5.32 Å². The van der Waals surface area contributed by atoms with E-state index in [9.17, 15) is 9.59 Å². The van der Waals surface area contributed by atoms with Crippen molar-refractivity contribution in [1.82, 2.24) is 5.32 Å². The van der Waals surface area contributed by atoms with Crippen molar-refractivity contribution in [2.45, 2.75) is 46.6 Å². The van der Waals surface area contributed by atoms with Gasteiger partial charge in [0.1, 0.15) is 0 Å². The molecule has 2 amide bonds. The van der Waals surface area contributed by atoms with Gasteiger partial charge in [0.25, 0.3) is 5.91 Å². The van der Waals surface area contributed by atoms with Gasteiger partial charge in [0.15, 0.2) is 0 Å². The van der Waals surface area contributed by atoms with Gasteiger partial charge in [-0.1, -0.05) is 42.8 Å². The van der Waals surface area contributed by atoms with E-state index >= 15 is 0 Å². The summed E-state index contributed by atoms with van der Waals surface area (Å²) in [6, 6.07) is 13.2. The first-order valence-electron chi connectivity index (χ1n) is 8.66. The summed E-state index contributed by atoms with van der Waals surface area (Å²) in [6.45, 7) is 8.01. The minimum Gasteiger partial charge on any atom is -0.350 e. The highest BCUT2D eigenvalue weighted by atomic mass is 16.2. The summed E-state index contributed by atoms with van der Waals surface area (Å²) in [7, 11) is 0. The van der Waals surface area contributed by atoms with E-state index in [-0.39, 0.29) is 24.3 Å². The number of para-hydroxylation sites is 1. The SMILES string of the molecule is CCC(C)NC(=O)c1ccccc1NC(=O)Cc1ccc(C)cc1C. The number of carbonyl (C=O) groups is 2. The molecule has 0 radical (unpaired) electrons. The lowest BCUT2D eigenvalue weighted by Crippen LogP contribution is -2.32. The molecule has 2 aromatic rings. The van der Waals surface area contributed by atoms with Gasteiger partial charge < -0.3 is 10.6 Å². The van der Waals surface area contributed by atoms with Gasteiger partial charge in [-0.2, -0.15) is 0 Å². The summed E-state index contributed by atoms with van der Waals surface area (Å²) in [6.07, 6.45) is 1.14. The Hall–Kier alpha value is -2.62. The van der Waals surface area contributed by atoms with Crippen molar-refractivity contribution in [3.63, 3.8) is 0 Å². The highest BCUT2D eigenvalue weighted by Gasteiger charge is 2.15. The maximum absolute atomic E-state index is 12.4. The topological polar surface area (TPSA) is 58.2 Å². The van der Waals surface area contributed by atoms with Crippen LogP contribution in [0.3, 0.4) is 0 Å². The molecule has 2 aromatic carbocycles. The molecule has 0 heterocycles. The minimum absolute atomic E-state index is 0.0893. The molecule has 1 atom stereocenters. The molecule has 25 heavy (non-hydrogen) atoms. The maximum atomic E-state index is 12.4. The second-order valence-electron chi connectivity index (χ2n) is 6.48. The van der Waals surface area contributed by atoms with Gasteiger partial charge in [0.05, 0.1) is 17.7 Å². The molecule has 0 aliphatic rings. The molecule has 0 saturated heterocycles. The number of rotatable bonds is 6. The van der Waals surface area contributed by atoms with Crippen LogP contribution in [0, 0.1) is 13.8 Å². The summed E-state index contributed by atoms with van der Waals surface area (Å²) in [5.74, 6) is -0.299. The van der Waals surface area contributed by atoms with Crippen molar-refractivity contribution in [2.24, 2.45) is 0 Å². The van der Waals surface area contributed by atoms with Crippen molar-refractivity contribution in [1.29, 1.82) is 0 Å². The third kappa shape index (κ3) is 5.18. The van der Waals surface area contributed by atoms with Gasteiger partial charge in [-0.3, -0.25) is 9.59 Å². The van der Waals surface area contributed by atoms with Gasteiger partial charge in [0.2, 0.25) is 5.91 Å². The molecule has 4 heteroatoms. The van der Waals surface area contributed by atoms with Crippen LogP contribution < -0.4 is 10.6 Å². The average molecular weight is 338 g/mol. The molecule has 0 bridgehead atoms. The fourth-order valence-electron chi connectivity index (χ4n) is 2.61. The lowest BCUT2D eigenvalue weighted by Gasteiger charge is -2.15. The fourth-order valence-corrected chi connectivity index (χ4v) is 2.61. The zero-order valence-corrected chi connectivity index (χ0v) is 15.3. The van der Waals surface area contributed by atoms with Crippen LogP contribution in [0.15, 0.2) is 42.5 Å². The Morgan fingerprint density at radius 3 is 2.48 bits per heavy atom. The van der Waals surface area contributed by atoms with Crippen molar-refractivity contribution in [3.05, 3.63) is 64.7 Å². The first kappa shape index (κ1) is 18.7. The number of hydrogen-bond acceptors (Lipinski definition) is 2. The Bertz CT molecular complexity index is 768. The molecule has 0 fully saturated rings. The zero-order chi connectivity index (χ0) is 18.4. The Labute approximate surface area is 149 Å². The highest BCUT2D eigenvalue weighted by Crippen LogP contribution is 2.17. The van der Waals surface area contributed by atoms with E-state index in [0.717, 1.165) is 17.5 Å². The second-order valence-corrected chi connectivity index (χ2v) is 6.48. The van der Waals surface area contributed by atoms with Gasteiger partial charge in [-0.15, -0.1) is 0 Å². The van der Waals surface area contributed by atoms with Gasteiger partial charge >= 0.3 is 0 Å². The normalized spacial score (nSPS) is 11.7. The van der Waals surface area contributed by atoms with Gasteiger partial charge in [0, 0.05) is 6.04 Å². The standard InChI is InChI=1S/C21H26N2O2/c1-5-16(4)22-21(25)18-8-6-7-9-19(18)23-20(24)13-17-11-10-14(2)12-15(17)3/h6-12,16H,5,13H2,1-4H3,(H,22,25)(H,23,24). The molecule has 0 saturated carbocycles. The number of hydrogen-bond donors (Lipinski definition) is 2.